The van der Waals surface area contributed by atoms with Gasteiger partial charge >= 0.3 is 0 Å². The van der Waals surface area contributed by atoms with Crippen molar-refractivity contribution in [1.82, 2.24) is 20.4 Å². The number of nitrogens with one attached hydrogen (secondary N) is 2. The third-order valence-electron chi connectivity index (χ3n) is 4.66. The summed E-state index contributed by atoms with van der Waals surface area (Å²) in [7, 11) is 0. The average molecular weight is 341 g/mol. The van der Waals surface area contributed by atoms with E-state index in [1.807, 2.05) is 12.1 Å². The molecule has 0 saturated carbocycles. The summed E-state index contributed by atoms with van der Waals surface area (Å²) in [6, 6.07) is 12.4. The lowest BCUT2D eigenvalue weighted by Gasteiger charge is -2.36. The van der Waals surface area contributed by atoms with Gasteiger partial charge in [0.05, 0.1) is 0 Å². The Kier molecular flexibility index (Phi) is 5.71. The molecule has 134 valence electrons. The number of benzene rings is 1. The summed E-state index contributed by atoms with van der Waals surface area (Å²) in [5.74, 6) is 0.237. The maximum absolute atomic E-state index is 12.1. The molecular weight excluding hydrogens is 314 g/mol. The number of amides is 1. The number of anilines is 1. The largest absolute Gasteiger partial charge is 0.369 e. The minimum atomic E-state index is -0.105. The second-order valence-corrected chi connectivity index (χ2v) is 6.78. The van der Waals surface area contributed by atoms with Crippen LogP contribution in [-0.4, -0.2) is 60.3 Å². The van der Waals surface area contributed by atoms with E-state index in [-0.39, 0.29) is 5.91 Å². The van der Waals surface area contributed by atoms with Gasteiger partial charge in [-0.2, -0.15) is 5.10 Å². The van der Waals surface area contributed by atoms with Crippen LogP contribution < -0.4 is 10.2 Å². The fraction of sp³-hybridized carbons (Fsp3) is 0.474. The summed E-state index contributed by atoms with van der Waals surface area (Å²) in [5.41, 5.74) is 2.75. The smallest absolute Gasteiger partial charge is 0.271 e. The molecule has 1 aromatic carbocycles. The van der Waals surface area contributed by atoms with Crippen LogP contribution in [0, 0.1) is 0 Å². The molecule has 1 aliphatic rings. The van der Waals surface area contributed by atoms with Crippen molar-refractivity contribution in [2.24, 2.45) is 0 Å². The maximum atomic E-state index is 12.1. The van der Waals surface area contributed by atoms with E-state index >= 15 is 0 Å². The number of para-hydroxylation sites is 1. The van der Waals surface area contributed by atoms with Crippen LogP contribution in [-0.2, 0) is 0 Å². The minimum absolute atomic E-state index is 0.105. The molecule has 0 spiro atoms. The van der Waals surface area contributed by atoms with Crippen molar-refractivity contribution >= 4 is 11.6 Å². The van der Waals surface area contributed by atoms with E-state index in [0.29, 0.717) is 18.2 Å². The molecule has 1 saturated heterocycles. The number of carbonyl (C=O) groups excluding carboxylic acids is 1. The van der Waals surface area contributed by atoms with Gasteiger partial charge in [-0.15, -0.1) is 0 Å². The lowest BCUT2D eigenvalue weighted by molar-refractivity contribution is 0.0943. The first kappa shape index (κ1) is 17.5. The molecule has 6 nitrogen and oxygen atoms in total. The number of hydrogen-bond donors (Lipinski definition) is 2. The second kappa shape index (κ2) is 8.16. The third kappa shape index (κ3) is 4.60. The first-order chi connectivity index (χ1) is 12.1. The van der Waals surface area contributed by atoms with Gasteiger partial charge in [0.25, 0.3) is 5.91 Å². The van der Waals surface area contributed by atoms with Crippen LogP contribution in [0.3, 0.4) is 0 Å². The molecule has 6 heteroatoms. The SMILES string of the molecule is CC(C)c1cc(C(=O)NCCN2CCN(c3ccccc3)CC2)n[nH]1. The molecule has 1 amide bonds. The quantitative estimate of drug-likeness (QED) is 0.844. The van der Waals surface area contributed by atoms with Crippen LogP contribution in [0.15, 0.2) is 36.4 Å². The zero-order valence-electron chi connectivity index (χ0n) is 15.0. The Hall–Kier alpha value is -2.34. The van der Waals surface area contributed by atoms with Crippen molar-refractivity contribution in [1.29, 1.82) is 0 Å². The van der Waals surface area contributed by atoms with Gasteiger partial charge in [0.15, 0.2) is 0 Å². The standard InChI is InChI=1S/C19H27N5O/c1-15(2)17-14-18(22-21-17)19(25)20-8-9-23-10-12-24(13-11-23)16-6-4-3-5-7-16/h3-7,14-15H,8-13H2,1-2H3,(H,20,25)(H,21,22). The average Bonchev–Trinajstić information content (AvgIpc) is 3.14. The minimum Gasteiger partial charge on any atom is -0.369 e. The molecule has 0 unspecified atom stereocenters. The molecule has 3 rings (SSSR count). The van der Waals surface area contributed by atoms with E-state index in [1.165, 1.54) is 5.69 Å². The third-order valence-corrected chi connectivity index (χ3v) is 4.66. The summed E-state index contributed by atoms with van der Waals surface area (Å²) in [5, 5.41) is 9.97. The van der Waals surface area contributed by atoms with Crippen LogP contribution in [0.1, 0.15) is 35.9 Å². The second-order valence-electron chi connectivity index (χ2n) is 6.78. The Morgan fingerprint density at radius 2 is 1.92 bits per heavy atom. The van der Waals surface area contributed by atoms with Gasteiger partial charge in [-0.05, 0) is 24.1 Å². The molecule has 1 aromatic heterocycles. The highest BCUT2D eigenvalue weighted by Crippen LogP contribution is 2.15. The van der Waals surface area contributed by atoms with Crippen molar-refractivity contribution in [3.63, 3.8) is 0 Å². The number of rotatable bonds is 6. The van der Waals surface area contributed by atoms with Crippen LogP contribution in [0.25, 0.3) is 0 Å². The highest BCUT2D eigenvalue weighted by Gasteiger charge is 2.17. The van der Waals surface area contributed by atoms with Gasteiger partial charge in [0, 0.05) is 50.6 Å². The summed E-state index contributed by atoms with van der Waals surface area (Å²) >= 11 is 0. The highest BCUT2D eigenvalue weighted by molar-refractivity contribution is 5.92. The summed E-state index contributed by atoms with van der Waals surface area (Å²) in [4.78, 5) is 16.9. The summed E-state index contributed by atoms with van der Waals surface area (Å²) < 4.78 is 0. The van der Waals surface area contributed by atoms with Gasteiger partial charge in [0.1, 0.15) is 5.69 Å². The Bertz CT molecular complexity index is 674. The van der Waals surface area contributed by atoms with E-state index < -0.39 is 0 Å². The number of aromatic nitrogens is 2. The molecule has 1 fully saturated rings. The van der Waals surface area contributed by atoms with Gasteiger partial charge < -0.3 is 10.2 Å². The Morgan fingerprint density at radius 1 is 1.20 bits per heavy atom. The first-order valence-electron chi connectivity index (χ1n) is 8.99. The van der Waals surface area contributed by atoms with Crippen LogP contribution >= 0.6 is 0 Å². The molecule has 1 aliphatic heterocycles. The lowest BCUT2D eigenvalue weighted by atomic mass is 10.1. The van der Waals surface area contributed by atoms with Crippen LogP contribution in [0.4, 0.5) is 5.69 Å². The molecule has 0 aliphatic carbocycles. The van der Waals surface area contributed by atoms with E-state index in [0.717, 1.165) is 38.4 Å². The van der Waals surface area contributed by atoms with E-state index in [9.17, 15) is 4.79 Å². The zero-order chi connectivity index (χ0) is 17.6. The highest BCUT2D eigenvalue weighted by atomic mass is 16.1. The van der Waals surface area contributed by atoms with Gasteiger partial charge in [-0.3, -0.25) is 14.8 Å². The molecule has 2 N–H and O–H groups in total. The maximum Gasteiger partial charge on any atom is 0.271 e. The molecule has 25 heavy (non-hydrogen) atoms. The predicted octanol–water partition coefficient (Wildman–Crippen LogP) is 2.09. The van der Waals surface area contributed by atoms with Gasteiger partial charge in [-0.25, -0.2) is 0 Å². The Balaban J connectivity index is 1.39. The van der Waals surface area contributed by atoms with Crippen molar-refractivity contribution < 1.29 is 4.79 Å². The molecule has 2 aromatic rings. The van der Waals surface area contributed by atoms with E-state index in [1.54, 1.807) is 0 Å². The molecule has 0 atom stereocenters. The topological polar surface area (TPSA) is 64.3 Å². The van der Waals surface area contributed by atoms with Gasteiger partial charge in [-0.1, -0.05) is 32.0 Å². The van der Waals surface area contributed by atoms with Crippen LogP contribution in [0.2, 0.25) is 0 Å². The van der Waals surface area contributed by atoms with E-state index in [2.05, 4.69) is 63.4 Å². The van der Waals surface area contributed by atoms with Crippen LogP contribution in [0.5, 0.6) is 0 Å². The number of piperazine rings is 1. The number of carbonyl (C=O) groups is 1. The van der Waals surface area contributed by atoms with Crippen molar-refractivity contribution in [2.45, 2.75) is 19.8 Å². The number of H-pyrrole nitrogens is 1. The fourth-order valence-electron chi connectivity index (χ4n) is 3.04. The van der Waals surface area contributed by atoms with Crippen molar-refractivity contribution in [3.05, 3.63) is 47.8 Å². The van der Waals surface area contributed by atoms with E-state index in [4.69, 9.17) is 0 Å². The normalized spacial score (nSPS) is 15.6. The lowest BCUT2D eigenvalue weighted by Crippen LogP contribution is -2.48. The number of nitrogens with zero attached hydrogens (tertiary/aromatic N) is 3. The van der Waals surface area contributed by atoms with Crippen molar-refractivity contribution in [2.75, 3.05) is 44.2 Å². The zero-order valence-corrected chi connectivity index (χ0v) is 15.0. The van der Waals surface area contributed by atoms with Crippen molar-refractivity contribution in [3.8, 4) is 0 Å². The number of hydrogen-bond acceptors (Lipinski definition) is 4. The van der Waals surface area contributed by atoms with Gasteiger partial charge in [0.2, 0.25) is 0 Å². The predicted molar refractivity (Wildman–Crippen MR) is 100 cm³/mol. The molecule has 0 radical (unpaired) electrons. The summed E-state index contributed by atoms with van der Waals surface area (Å²) in [6.45, 7) is 9.75. The Labute approximate surface area is 149 Å². The fourth-order valence-corrected chi connectivity index (χ4v) is 3.04. The Morgan fingerprint density at radius 3 is 2.56 bits per heavy atom. The summed E-state index contributed by atoms with van der Waals surface area (Å²) in [6.07, 6.45) is 0. The monoisotopic (exact) mass is 341 g/mol. The number of aromatic amines is 1. The molecule has 2 heterocycles. The molecule has 0 bridgehead atoms. The first-order valence-corrected chi connectivity index (χ1v) is 8.99. The molecular formula is C19H27N5O.